The molecule has 2 aliphatic rings. The van der Waals surface area contributed by atoms with Crippen LogP contribution in [0.1, 0.15) is 30.2 Å². The number of thiophene rings is 1. The van der Waals surface area contributed by atoms with Gasteiger partial charge in [0.25, 0.3) is 0 Å². The average Bonchev–Trinajstić information content (AvgIpc) is 3.04. The van der Waals surface area contributed by atoms with Crippen LogP contribution in [0, 0.1) is 16.7 Å². The third-order valence-electron chi connectivity index (χ3n) is 3.88. The van der Waals surface area contributed by atoms with Crippen molar-refractivity contribution in [3.05, 3.63) is 19.2 Å². The third-order valence-corrected chi connectivity index (χ3v) is 7.19. The lowest BCUT2D eigenvalue weighted by Gasteiger charge is -2.32. The molecule has 1 aromatic rings. The Morgan fingerprint density at radius 2 is 2.33 bits per heavy atom. The second kappa shape index (κ2) is 4.57. The van der Waals surface area contributed by atoms with E-state index < -0.39 is 11.5 Å². The summed E-state index contributed by atoms with van der Waals surface area (Å²) in [6.45, 7) is 0. The van der Waals surface area contributed by atoms with Gasteiger partial charge in [-0.05, 0) is 57.2 Å². The first-order valence-corrected chi connectivity index (χ1v) is 8.16. The SMILES string of the molecule is N#CC1(C(O)c2cc(Br)c(Br)s2)CC2CCC1O2. The molecule has 1 N–H and O–H groups in total. The highest BCUT2D eigenvalue weighted by Gasteiger charge is 2.57. The number of ether oxygens (including phenoxy) is 1. The van der Waals surface area contributed by atoms with Gasteiger partial charge in [0.1, 0.15) is 11.5 Å². The Bertz CT molecular complexity index is 507. The van der Waals surface area contributed by atoms with Crippen molar-refractivity contribution in [2.75, 3.05) is 0 Å². The van der Waals surface area contributed by atoms with Crippen molar-refractivity contribution in [1.82, 2.24) is 0 Å². The number of nitrogens with zero attached hydrogens (tertiary/aromatic N) is 1. The molecule has 4 unspecified atom stereocenters. The van der Waals surface area contributed by atoms with Gasteiger partial charge in [-0.3, -0.25) is 0 Å². The quantitative estimate of drug-likeness (QED) is 0.833. The van der Waals surface area contributed by atoms with Gasteiger partial charge in [0, 0.05) is 9.35 Å². The minimum Gasteiger partial charge on any atom is -0.386 e. The minimum absolute atomic E-state index is 0.123. The lowest BCUT2D eigenvalue weighted by Crippen LogP contribution is -2.36. The van der Waals surface area contributed by atoms with Gasteiger partial charge in [-0.15, -0.1) is 11.3 Å². The highest BCUT2D eigenvalue weighted by molar-refractivity contribution is 9.13. The predicted molar refractivity (Wildman–Crippen MR) is 75.2 cm³/mol. The second-order valence-electron chi connectivity index (χ2n) is 4.85. The zero-order chi connectivity index (χ0) is 12.9. The molecule has 96 valence electrons. The van der Waals surface area contributed by atoms with Crippen LogP contribution in [0.2, 0.25) is 0 Å². The molecule has 3 nitrogen and oxygen atoms in total. The van der Waals surface area contributed by atoms with Gasteiger partial charge in [-0.25, -0.2) is 0 Å². The van der Waals surface area contributed by atoms with Gasteiger partial charge in [0.2, 0.25) is 0 Å². The van der Waals surface area contributed by atoms with Crippen LogP contribution in [0.4, 0.5) is 0 Å². The molecule has 3 rings (SSSR count). The van der Waals surface area contributed by atoms with Crippen molar-refractivity contribution >= 4 is 43.2 Å². The monoisotopic (exact) mass is 391 g/mol. The highest BCUT2D eigenvalue weighted by atomic mass is 79.9. The number of aliphatic hydroxyl groups is 1. The molecule has 4 atom stereocenters. The molecule has 2 aliphatic heterocycles. The Hall–Kier alpha value is 0.0700. The van der Waals surface area contributed by atoms with Crippen molar-refractivity contribution in [3.8, 4) is 6.07 Å². The molecule has 18 heavy (non-hydrogen) atoms. The van der Waals surface area contributed by atoms with Crippen LogP contribution >= 0.6 is 43.2 Å². The summed E-state index contributed by atoms with van der Waals surface area (Å²) in [6.07, 6.45) is 1.79. The summed E-state index contributed by atoms with van der Waals surface area (Å²) in [6, 6.07) is 4.22. The van der Waals surface area contributed by atoms with E-state index in [-0.39, 0.29) is 12.2 Å². The number of hydrogen-bond donors (Lipinski definition) is 1. The van der Waals surface area contributed by atoms with Crippen LogP contribution in [0.25, 0.3) is 0 Å². The number of fused-ring (bicyclic) bond motifs is 2. The van der Waals surface area contributed by atoms with E-state index in [1.54, 1.807) is 0 Å². The molecule has 0 aromatic carbocycles. The Balaban J connectivity index is 1.96. The normalized spacial score (nSPS) is 35.7. The molecule has 2 fully saturated rings. The first kappa shape index (κ1) is 13.1. The van der Waals surface area contributed by atoms with Crippen molar-refractivity contribution in [1.29, 1.82) is 5.26 Å². The van der Waals surface area contributed by atoms with Gasteiger partial charge in [0.15, 0.2) is 0 Å². The molecule has 3 heterocycles. The summed E-state index contributed by atoms with van der Waals surface area (Å²) in [5.74, 6) is 0. The summed E-state index contributed by atoms with van der Waals surface area (Å²) in [7, 11) is 0. The first-order valence-electron chi connectivity index (χ1n) is 5.76. The molecule has 6 heteroatoms. The van der Waals surface area contributed by atoms with E-state index in [4.69, 9.17) is 4.74 Å². The number of nitriles is 1. The van der Waals surface area contributed by atoms with Crippen LogP contribution in [0.3, 0.4) is 0 Å². The van der Waals surface area contributed by atoms with Gasteiger partial charge in [-0.2, -0.15) is 5.26 Å². The Morgan fingerprint density at radius 1 is 1.56 bits per heavy atom. The average molecular weight is 393 g/mol. The smallest absolute Gasteiger partial charge is 0.117 e. The van der Waals surface area contributed by atoms with Crippen LogP contribution in [-0.4, -0.2) is 17.3 Å². The predicted octanol–water partition coefficient (Wildman–Crippen LogP) is 3.77. The summed E-state index contributed by atoms with van der Waals surface area (Å²) >= 11 is 8.30. The Kier molecular flexibility index (Phi) is 3.32. The molecule has 2 saturated heterocycles. The molecule has 0 amide bonds. The summed E-state index contributed by atoms with van der Waals surface area (Å²) in [5, 5.41) is 20.1. The molecule has 0 aliphatic carbocycles. The van der Waals surface area contributed by atoms with Crippen molar-refractivity contribution < 1.29 is 9.84 Å². The van der Waals surface area contributed by atoms with Gasteiger partial charge in [0.05, 0.1) is 22.1 Å². The largest absolute Gasteiger partial charge is 0.386 e. The minimum atomic E-state index is -0.773. The van der Waals surface area contributed by atoms with Crippen molar-refractivity contribution in [2.45, 2.75) is 37.6 Å². The maximum atomic E-state index is 10.6. The molecular formula is C12H11Br2NO2S. The van der Waals surface area contributed by atoms with E-state index in [1.807, 2.05) is 6.07 Å². The van der Waals surface area contributed by atoms with E-state index in [1.165, 1.54) is 11.3 Å². The molecule has 1 aromatic heterocycles. The fraction of sp³-hybridized carbons (Fsp3) is 0.583. The maximum Gasteiger partial charge on any atom is 0.117 e. The summed E-state index contributed by atoms with van der Waals surface area (Å²) in [5.41, 5.74) is -0.771. The molecule has 0 radical (unpaired) electrons. The second-order valence-corrected chi connectivity index (χ2v) is 8.11. The Labute approximate surface area is 126 Å². The Morgan fingerprint density at radius 3 is 2.78 bits per heavy atom. The highest BCUT2D eigenvalue weighted by Crippen LogP contribution is 2.55. The maximum absolute atomic E-state index is 10.6. The van der Waals surface area contributed by atoms with Gasteiger partial charge >= 0.3 is 0 Å². The van der Waals surface area contributed by atoms with Crippen molar-refractivity contribution in [2.24, 2.45) is 5.41 Å². The lowest BCUT2D eigenvalue weighted by atomic mass is 9.71. The zero-order valence-corrected chi connectivity index (χ0v) is 13.4. The van der Waals surface area contributed by atoms with E-state index in [9.17, 15) is 10.4 Å². The lowest BCUT2D eigenvalue weighted by molar-refractivity contribution is 0.00524. The topological polar surface area (TPSA) is 53.2 Å². The number of halogens is 2. The standard InChI is InChI=1S/C12H11Br2NO2S/c13-7-3-8(18-11(7)14)10(16)12(5-15)4-6-1-2-9(12)17-6/h3,6,9-10,16H,1-2,4H2. The molecule has 0 saturated carbocycles. The number of aliphatic hydroxyl groups excluding tert-OH is 1. The van der Waals surface area contributed by atoms with Crippen molar-refractivity contribution in [3.63, 3.8) is 0 Å². The zero-order valence-electron chi connectivity index (χ0n) is 9.40. The van der Waals surface area contributed by atoms with Crippen LogP contribution in [0.5, 0.6) is 0 Å². The summed E-state index contributed by atoms with van der Waals surface area (Å²) < 4.78 is 7.61. The summed E-state index contributed by atoms with van der Waals surface area (Å²) in [4.78, 5) is 0.812. The van der Waals surface area contributed by atoms with E-state index in [2.05, 4.69) is 37.9 Å². The fourth-order valence-electron chi connectivity index (χ4n) is 2.96. The fourth-order valence-corrected chi connectivity index (χ4v) is 5.14. The van der Waals surface area contributed by atoms with Crippen LogP contribution < -0.4 is 0 Å². The first-order chi connectivity index (χ1) is 8.56. The van der Waals surface area contributed by atoms with E-state index in [0.29, 0.717) is 6.42 Å². The van der Waals surface area contributed by atoms with Gasteiger partial charge in [-0.1, -0.05) is 0 Å². The van der Waals surface area contributed by atoms with E-state index in [0.717, 1.165) is 26.0 Å². The number of hydrogen-bond acceptors (Lipinski definition) is 4. The van der Waals surface area contributed by atoms with E-state index >= 15 is 0 Å². The number of rotatable bonds is 2. The van der Waals surface area contributed by atoms with Crippen LogP contribution in [0.15, 0.2) is 14.3 Å². The third kappa shape index (κ3) is 1.80. The van der Waals surface area contributed by atoms with Gasteiger partial charge < -0.3 is 9.84 Å². The molecule has 2 bridgehead atoms. The molecular weight excluding hydrogens is 382 g/mol. The van der Waals surface area contributed by atoms with Crippen LogP contribution in [-0.2, 0) is 4.74 Å². The molecule has 0 spiro atoms.